The zero-order chi connectivity index (χ0) is 16.9. The second kappa shape index (κ2) is 7.59. The fourth-order valence-electron chi connectivity index (χ4n) is 2.72. The summed E-state index contributed by atoms with van der Waals surface area (Å²) >= 11 is 0. The van der Waals surface area contributed by atoms with E-state index in [0.29, 0.717) is 0 Å². The van der Waals surface area contributed by atoms with Gasteiger partial charge < -0.3 is 10.4 Å². The molecule has 2 N–H and O–H groups in total. The molecule has 2 rings (SSSR count). The van der Waals surface area contributed by atoms with Gasteiger partial charge in [0.15, 0.2) is 0 Å². The average Bonchev–Trinajstić information content (AvgIpc) is 2.54. The van der Waals surface area contributed by atoms with E-state index in [9.17, 15) is 9.59 Å². The zero-order valence-corrected chi connectivity index (χ0v) is 13.9. The largest absolute Gasteiger partial charge is 0.481 e. The van der Waals surface area contributed by atoms with E-state index in [2.05, 4.69) is 22.3 Å². The molecule has 5 nitrogen and oxygen atoms in total. The van der Waals surface area contributed by atoms with Gasteiger partial charge in [-0.15, -0.1) is 0 Å². The summed E-state index contributed by atoms with van der Waals surface area (Å²) in [5.41, 5.74) is 0.363. The summed E-state index contributed by atoms with van der Waals surface area (Å²) in [5.74, 6) is -0.916. The average molecular weight is 318 g/mol. The fourth-order valence-corrected chi connectivity index (χ4v) is 2.72. The molecule has 0 atom stereocenters. The summed E-state index contributed by atoms with van der Waals surface area (Å²) in [5, 5.41) is 11.9. The quantitative estimate of drug-likeness (QED) is 0.843. The molecule has 1 fully saturated rings. The number of hydrogen-bond acceptors (Lipinski definition) is 3. The van der Waals surface area contributed by atoms with Crippen LogP contribution in [-0.4, -0.2) is 41.5 Å². The number of piperidine rings is 1. The van der Waals surface area contributed by atoms with Crippen molar-refractivity contribution in [1.29, 1.82) is 0 Å². The van der Waals surface area contributed by atoms with E-state index in [-0.39, 0.29) is 18.4 Å². The van der Waals surface area contributed by atoms with Crippen LogP contribution in [0.1, 0.15) is 32.3 Å². The van der Waals surface area contributed by atoms with Gasteiger partial charge in [-0.25, -0.2) is 0 Å². The number of benzene rings is 1. The summed E-state index contributed by atoms with van der Waals surface area (Å²) < 4.78 is 0. The summed E-state index contributed by atoms with van der Waals surface area (Å²) in [6.45, 7) is 6.13. The van der Waals surface area contributed by atoms with Gasteiger partial charge in [-0.1, -0.05) is 30.3 Å². The smallest absolute Gasteiger partial charge is 0.310 e. The molecule has 1 aromatic carbocycles. The number of nitrogens with one attached hydrogen (secondary N) is 1. The van der Waals surface area contributed by atoms with Crippen molar-refractivity contribution in [3.05, 3.63) is 35.9 Å². The van der Waals surface area contributed by atoms with E-state index in [4.69, 9.17) is 5.11 Å². The Kier molecular flexibility index (Phi) is 5.77. The molecule has 0 spiro atoms. The van der Waals surface area contributed by atoms with Crippen molar-refractivity contribution in [2.75, 3.05) is 19.6 Å². The minimum atomic E-state index is -0.927. The summed E-state index contributed by atoms with van der Waals surface area (Å²) in [6, 6.07) is 10.3. The Morgan fingerprint density at radius 3 is 2.39 bits per heavy atom. The predicted molar refractivity (Wildman–Crippen MR) is 88.9 cm³/mol. The monoisotopic (exact) mass is 318 g/mol. The van der Waals surface area contributed by atoms with Gasteiger partial charge in [0.05, 0.1) is 5.41 Å². The third-order valence-corrected chi connectivity index (χ3v) is 4.49. The van der Waals surface area contributed by atoms with Crippen molar-refractivity contribution >= 4 is 11.9 Å². The van der Waals surface area contributed by atoms with Crippen molar-refractivity contribution in [1.82, 2.24) is 10.2 Å². The highest BCUT2D eigenvalue weighted by molar-refractivity contribution is 5.80. The van der Waals surface area contributed by atoms with Gasteiger partial charge in [-0.3, -0.25) is 14.5 Å². The maximum Gasteiger partial charge on any atom is 0.310 e. The van der Waals surface area contributed by atoms with Crippen LogP contribution in [0.4, 0.5) is 0 Å². The number of rotatable bonds is 6. The maximum atomic E-state index is 12.2. The molecule has 1 aliphatic heterocycles. The molecule has 1 aromatic rings. The van der Waals surface area contributed by atoms with Crippen LogP contribution >= 0.6 is 0 Å². The second-order valence-corrected chi connectivity index (χ2v) is 6.94. The number of hydrogen-bond donors (Lipinski definition) is 2. The summed E-state index contributed by atoms with van der Waals surface area (Å²) in [6.07, 6.45) is 1.65. The molecule has 1 saturated heterocycles. The van der Waals surface area contributed by atoms with Crippen LogP contribution in [0.25, 0.3) is 0 Å². The number of nitrogens with zero attached hydrogens (tertiary/aromatic N) is 1. The normalized spacial score (nSPS) is 17.0. The zero-order valence-electron chi connectivity index (χ0n) is 13.9. The fraction of sp³-hybridized carbons (Fsp3) is 0.556. The van der Waals surface area contributed by atoms with Gasteiger partial charge in [0.25, 0.3) is 0 Å². The Labute approximate surface area is 137 Å². The molecular weight excluding hydrogens is 292 g/mol. The van der Waals surface area contributed by atoms with Crippen LogP contribution in [0.5, 0.6) is 0 Å². The highest BCUT2D eigenvalue weighted by Gasteiger charge is 2.30. The van der Waals surface area contributed by atoms with Gasteiger partial charge in [0.2, 0.25) is 5.91 Å². The summed E-state index contributed by atoms with van der Waals surface area (Å²) in [7, 11) is 0. The minimum Gasteiger partial charge on any atom is -0.481 e. The molecule has 0 aliphatic carbocycles. The van der Waals surface area contributed by atoms with E-state index in [1.165, 1.54) is 5.56 Å². The molecule has 0 unspecified atom stereocenters. The van der Waals surface area contributed by atoms with E-state index in [1.807, 2.05) is 18.2 Å². The first-order valence-electron chi connectivity index (χ1n) is 8.16. The lowest BCUT2D eigenvalue weighted by molar-refractivity contribution is -0.147. The summed E-state index contributed by atoms with van der Waals surface area (Å²) in [4.78, 5) is 25.6. The molecule has 0 radical (unpaired) electrons. The first-order valence-corrected chi connectivity index (χ1v) is 8.16. The third kappa shape index (κ3) is 5.06. The van der Waals surface area contributed by atoms with Crippen LogP contribution in [0.3, 0.4) is 0 Å². The Bertz CT molecular complexity index is 534. The first kappa shape index (κ1) is 17.5. The molecule has 5 heteroatoms. The number of carboxylic acids is 1. The van der Waals surface area contributed by atoms with Crippen molar-refractivity contribution < 1.29 is 14.7 Å². The molecule has 126 valence electrons. The van der Waals surface area contributed by atoms with E-state index >= 15 is 0 Å². The number of carbonyl (C=O) groups excluding carboxylic acids is 1. The lowest BCUT2D eigenvalue weighted by Crippen LogP contribution is -2.44. The topological polar surface area (TPSA) is 69.6 Å². The van der Waals surface area contributed by atoms with Crippen LogP contribution < -0.4 is 5.32 Å². The highest BCUT2D eigenvalue weighted by Crippen LogP contribution is 2.20. The van der Waals surface area contributed by atoms with E-state index in [0.717, 1.165) is 32.5 Å². The molecule has 1 amide bonds. The number of carbonyl (C=O) groups is 2. The molecule has 1 aliphatic rings. The molecule has 23 heavy (non-hydrogen) atoms. The number of amides is 1. The van der Waals surface area contributed by atoms with Crippen molar-refractivity contribution in [3.63, 3.8) is 0 Å². The number of carboxylic acid groups (broad SMARTS) is 1. The van der Waals surface area contributed by atoms with Crippen molar-refractivity contribution in [3.8, 4) is 0 Å². The van der Waals surface area contributed by atoms with Gasteiger partial charge in [0, 0.05) is 19.0 Å². The Hall–Kier alpha value is -1.88. The molecule has 0 saturated carbocycles. The lowest BCUT2D eigenvalue weighted by atomic mass is 9.92. The van der Waals surface area contributed by atoms with Crippen LogP contribution in [0, 0.1) is 11.3 Å². The number of aliphatic carboxylic acids is 1. The Morgan fingerprint density at radius 1 is 1.22 bits per heavy atom. The molecular formula is C18H26N2O3. The first-order chi connectivity index (χ1) is 10.9. The van der Waals surface area contributed by atoms with Crippen LogP contribution in [0.2, 0.25) is 0 Å². The number of likely N-dealkylation sites (tertiary alicyclic amines) is 1. The SMILES string of the molecule is CC(C)(CNC(=O)C1CCN(Cc2ccccc2)CC1)C(=O)O. The molecule has 1 heterocycles. The van der Waals surface area contributed by atoms with Crippen molar-refractivity contribution in [2.45, 2.75) is 33.2 Å². The standard InChI is InChI=1S/C18H26N2O3/c1-18(2,17(22)23)13-19-16(21)15-8-10-20(11-9-15)12-14-6-4-3-5-7-14/h3-7,15H,8-13H2,1-2H3,(H,19,21)(H,22,23). The van der Waals surface area contributed by atoms with E-state index in [1.54, 1.807) is 13.8 Å². The molecule has 0 bridgehead atoms. The maximum absolute atomic E-state index is 12.2. The van der Waals surface area contributed by atoms with Crippen LogP contribution in [0.15, 0.2) is 30.3 Å². The van der Waals surface area contributed by atoms with Gasteiger partial charge in [-0.2, -0.15) is 0 Å². The minimum absolute atomic E-state index is 0.00776. The Balaban J connectivity index is 1.75. The van der Waals surface area contributed by atoms with Crippen LogP contribution in [-0.2, 0) is 16.1 Å². The van der Waals surface area contributed by atoms with Gasteiger partial charge in [0.1, 0.15) is 0 Å². The predicted octanol–water partition coefficient (Wildman–Crippen LogP) is 2.13. The van der Waals surface area contributed by atoms with Gasteiger partial charge in [-0.05, 0) is 45.3 Å². The molecule has 0 aromatic heterocycles. The highest BCUT2D eigenvalue weighted by atomic mass is 16.4. The lowest BCUT2D eigenvalue weighted by Gasteiger charge is -2.31. The van der Waals surface area contributed by atoms with E-state index < -0.39 is 11.4 Å². The Morgan fingerprint density at radius 2 is 1.83 bits per heavy atom. The van der Waals surface area contributed by atoms with Crippen molar-refractivity contribution in [2.24, 2.45) is 11.3 Å². The second-order valence-electron chi connectivity index (χ2n) is 6.94. The van der Waals surface area contributed by atoms with Gasteiger partial charge >= 0.3 is 5.97 Å². The third-order valence-electron chi connectivity index (χ3n) is 4.49.